The van der Waals surface area contributed by atoms with Crippen LogP contribution in [-0.4, -0.2) is 55.0 Å². The van der Waals surface area contributed by atoms with E-state index in [1.807, 2.05) is 13.8 Å². The van der Waals surface area contributed by atoms with Gasteiger partial charge in [0.05, 0.1) is 12.7 Å². The predicted octanol–water partition coefficient (Wildman–Crippen LogP) is -0.265. The van der Waals surface area contributed by atoms with E-state index in [1.165, 1.54) is 7.11 Å². The van der Waals surface area contributed by atoms with Crippen LogP contribution in [0.4, 0.5) is 0 Å². The van der Waals surface area contributed by atoms with Gasteiger partial charge in [0.1, 0.15) is 5.54 Å². The number of carbonyl (C=O) groups is 2. The number of nitrogens with one attached hydrogen (secondary N) is 1. The van der Waals surface area contributed by atoms with Crippen LogP contribution in [0.25, 0.3) is 0 Å². The Morgan fingerprint density at radius 1 is 1.52 bits per heavy atom. The maximum absolute atomic E-state index is 12.6. The number of hydrogen-bond donors (Lipinski definition) is 3. The number of carbonyl (C=O) groups excluding carboxylic acids is 1. The van der Waals surface area contributed by atoms with E-state index in [0.29, 0.717) is 6.61 Å². The Hall–Kier alpha value is -1.18. The van der Waals surface area contributed by atoms with Gasteiger partial charge in [0.2, 0.25) is 5.91 Å². The fourth-order valence-electron chi connectivity index (χ4n) is 3.66. The van der Waals surface area contributed by atoms with Crippen molar-refractivity contribution in [2.24, 2.45) is 17.1 Å². The first kappa shape index (κ1) is 16.2. The predicted molar refractivity (Wildman–Crippen MR) is 74.6 cm³/mol. The van der Waals surface area contributed by atoms with Crippen molar-refractivity contribution in [1.82, 2.24) is 5.32 Å². The molecule has 2 aliphatic rings. The number of aliphatic carboxylic acids is 1. The molecule has 1 aliphatic heterocycles. The largest absolute Gasteiger partial charge is 0.480 e. The van der Waals surface area contributed by atoms with Gasteiger partial charge in [0.15, 0.2) is 6.04 Å². The molecule has 0 aromatic heterocycles. The third-order valence-electron chi connectivity index (χ3n) is 5.00. The number of fused-ring (bicyclic) bond motifs is 1. The van der Waals surface area contributed by atoms with Crippen LogP contribution in [0.3, 0.4) is 0 Å². The summed E-state index contributed by atoms with van der Waals surface area (Å²) in [5, 5.41) is 11.6. The van der Waals surface area contributed by atoms with E-state index in [0.717, 1.165) is 12.8 Å². The van der Waals surface area contributed by atoms with Gasteiger partial charge in [-0.05, 0) is 12.8 Å². The average Bonchev–Trinajstić information content (AvgIpc) is 2.45. The van der Waals surface area contributed by atoms with Crippen molar-refractivity contribution >= 4 is 11.9 Å². The summed E-state index contributed by atoms with van der Waals surface area (Å²) in [5.41, 5.74) is 4.76. The molecule has 0 aromatic rings. The standard InChI is InChI=1S/C14H24N2O5/c1-13(2)10-8(5-4-6-21-10)14(13,15)12(19)16-9(7-20-3)11(17)18/h8-10H,4-7,15H2,1-3H3,(H,16,19)(H,17,18). The highest BCUT2D eigenvalue weighted by atomic mass is 16.5. The number of rotatable bonds is 5. The zero-order valence-corrected chi connectivity index (χ0v) is 12.7. The van der Waals surface area contributed by atoms with Gasteiger partial charge >= 0.3 is 5.97 Å². The smallest absolute Gasteiger partial charge is 0.328 e. The van der Waals surface area contributed by atoms with Gasteiger partial charge < -0.3 is 25.6 Å². The summed E-state index contributed by atoms with van der Waals surface area (Å²) in [6.07, 6.45) is 1.64. The van der Waals surface area contributed by atoms with Crippen LogP contribution in [0.1, 0.15) is 26.7 Å². The molecule has 21 heavy (non-hydrogen) atoms. The Labute approximate surface area is 124 Å². The number of nitrogens with two attached hydrogens (primary N) is 1. The van der Waals surface area contributed by atoms with E-state index in [9.17, 15) is 9.59 Å². The topological polar surface area (TPSA) is 111 Å². The van der Waals surface area contributed by atoms with Crippen LogP contribution in [0.5, 0.6) is 0 Å². The molecule has 1 saturated carbocycles. The summed E-state index contributed by atoms with van der Waals surface area (Å²) in [6, 6.07) is -1.10. The van der Waals surface area contributed by atoms with Gasteiger partial charge in [0, 0.05) is 25.0 Å². The minimum atomic E-state index is -1.14. The molecular weight excluding hydrogens is 276 g/mol. The van der Waals surface area contributed by atoms with Crippen molar-refractivity contribution < 1.29 is 24.2 Å². The second-order valence-electron chi connectivity index (χ2n) is 6.45. The Balaban J connectivity index is 2.15. The number of ether oxygens (including phenoxy) is 2. The molecule has 7 nitrogen and oxygen atoms in total. The van der Waals surface area contributed by atoms with Crippen molar-refractivity contribution in [1.29, 1.82) is 0 Å². The molecule has 1 aliphatic carbocycles. The quantitative estimate of drug-likeness (QED) is 0.645. The van der Waals surface area contributed by atoms with E-state index in [-0.39, 0.29) is 18.6 Å². The second kappa shape index (κ2) is 5.55. The fourth-order valence-corrected chi connectivity index (χ4v) is 3.66. The van der Waals surface area contributed by atoms with Gasteiger partial charge in [0.25, 0.3) is 0 Å². The number of methoxy groups -OCH3 is 1. The Morgan fingerprint density at radius 2 is 2.19 bits per heavy atom. The van der Waals surface area contributed by atoms with Crippen LogP contribution < -0.4 is 11.1 Å². The third kappa shape index (κ3) is 2.33. The molecule has 2 fully saturated rings. The number of hydrogen-bond acceptors (Lipinski definition) is 5. The molecule has 2 rings (SSSR count). The number of carboxylic acid groups (broad SMARTS) is 1. The summed E-state index contributed by atoms with van der Waals surface area (Å²) in [6.45, 7) is 4.38. The van der Waals surface area contributed by atoms with Gasteiger partial charge in [-0.15, -0.1) is 0 Å². The lowest BCUT2D eigenvalue weighted by molar-refractivity contribution is -0.225. The second-order valence-corrected chi connectivity index (χ2v) is 6.45. The normalized spacial score (nSPS) is 35.2. The minimum absolute atomic E-state index is 0.0484. The molecular formula is C14H24N2O5. The first-order chi connectivity index (χ1) is 9.76. The zero-order chi connectivity index (χ0) is 15.8. The zero-order valence-electron chi connectivity index (χ0n) is 12.7. The van der Waals surface area contributed by atoms with E-state index >= 15 is 0 Å². The Kier molecular flexibility index (Phi) is 4.28. The van der Waals surface area contributed by atoms with Crippen LogP contribution in [0.15, 0.2) is 0 Å². The molecule has 4 N–H and O–H groups in total. The number of carboxylic acids is 1. The van der Waals surface area contributed by atoms with E-state index < -0.39 is 28.9 Å². The average molecular weight is 300 g/mol. The van der Waals surface area contributed by atoms with E-state index in [4.69, 9.17) is 20.3 Å². The highest BCUT2D eigenvalue weighted by Gasteiger charge is 2.70. The molecule has 4 unspecified atom stereocenters. The molecule has 0 aromatic carbocycles. The van der Waals surface area contributed by atoms with Crippen molar-refractivity contribution in [2.45, 2.75) is 44.4 Å². The van der Waals surface area contributed by atoms with Crippen molar-refractivity contribution in [3.63, 3.8) is 0 Å². The lowest BCUT2D eigenvalue weighted by atomic mass is 9.46. The van der Waals surface area contributed by atoms with Gasteiger partial charge in [-0.3, -0.25) is 4.79 Å². The molecule has 1 heterocycles. The van der Waals surface area contributed by atoms with Gasteiger partial charge in [-0.1, -0.05) is 13.8 Å². The van der Waals surface area contributed by atoms with Gasteiger partial charge in [-0.25, -0.2) is 4.79 Å². The molecule has 120 valence electrons. The van der Waals surface area contributed by atoms with E-state index in [1.54, 1.807) is 0 Å². The summed E-state index contributed by atoms with van der Waals surface area (Å²) < 4.78 is 10.6. The van der Waals surface area contributed by atoms with Crippen molar-refractivity contribution in [3.8, 4) is 0 Å². The number of amides is 1. The molecule has 4 atom stereocenters. The minimum Gasteiger partial charge on any atom is -0.480 e. The van der Waals surface area contributed by atoms with Crippen molar-refractivity contribution in [2.75, 3.05) is 20.3 Å². The van der Waals surface area contributed by atoms with E-state index in [2.05, 4.69) is 5.32 Å². The molecule has 0 spiro atoms. The van der Waals surface area contributed by atoms with Gasteiger partial charge in [-0.2, -0.15) is 0 Å². The molecule has 1 amide bonds. The molecule has 0 bridgehead atoms. The molecule has 7 heteroatoms. The maximum Gasteiger partial charge on any atom is 0.328 e. The van der Waals surface area contributed by atoms with Crippen LogP contribution in [-0.2, 0) is 19.1 Å². The monoisotopic (exact) mass is 300 g/mol. The Morgan fingerprint density at radius 3 is 2.76 bits per heavy atom. The van der Waals surface area contributed by atoms with Crippen LogP contribution in [0.2, 0.25) is 0 Å². The highest BCUT2D eigenvalue weighted by molar-refractivity contribution is 5.92. The summed E-state index contributed by atoms with van der Waals surface area (Å²) in [7, 11) is 1.39. The Bertz CT molecular complexity index is 439. The summed E-state index contributed by atoms with van der Waals surface area (Å²) >= 11 is 0. The summed E-state index contributed by atoms with van der Waals surface area (Å²) in [4.78, 5) is 23.7. The van der Waals surface area contributed by atoms with Crippen LogP contribution >= 0.6 is 0 Å². The first-order valence-corrected chi connectivity index (χ1v) is 7.20. The maximum atomic E-state index is 12.6. The highest BCUT2D eigenvalue weighted by Crippen LogP contribution is 2.57. The summed E-state index contributed by atoms with van der Waals surface area (Å²) in [5.74, 6) is -1.65. The lowest BCUT2D eigenvalue weighted by Gasteiger charge is -2.65. The van der Waals surface area contributed by atoms with Crippen molar-refractivity contribution in [3.05, 3.63) is 0 Å². The molecule has 1 saturated heterocycles. The third-order valence-corrected chi connectivity index (χ3v) is 5.00. The first-order valence-electron chi connectivity index (χ1n) is 7.20. The molecule has 0 radical (unpaired) electrons. The lowest BCUT2D eigenvalue weighted by Crippen LogP contribution is -2.82. The van der Waals surface area contributed by atoms with Crippen LogP contribution in [0, 0.1) is 11.3 Å². The SMILES string of the molecule is COCC(NC(=O)C1(N)C2CCCOC2C1(C)C)C(=O)O. The fraction of sp³-hybridized carbons (Fsp3) is 0.857.